The largest absolute Gasteiger partial charge is 0.341 e. The minimum absolute atomic E-state index is 0. The van der Waals surface area contributed by atoms with Crippen LogP contribution < -0.4 is 10.0 Å². The summed E-state index contributed by atoms with van der Waals surface area (Å²) in [6.07, 6.45) is 6.27. The molecule has 2 rings (SSSR count). The fraction of sp³-hybridized carbons (Fsp3) is 0.923. The highest BCUT2D eigenvalue weighted by Crippen LogP contribution is 2.18. The second kappa shape index (κ2) is 8.31. The predicted molar refractivity (Wildman–Crippen MR) is 85.0 cm³/mol. The molecular formula is C13H26ClN3O3S. The van der Waals surface area contributed by atoms with Crippen molar-refractivity contribution in [3.05, 3.63) is 0 Å². The van der Waals surface area contributed by atoms with Crippen LogP contribution in [0.3, 0.4) is 0 Å². The van der Waals surface area contributed by atoms with E-state index in [1.165, 1.54) is 6.26 Å². The van der Waals surface area contributed by atoms with Crippen LogP contribution in [-0.2, 0) is 14.8 Å². The molecule has 0 saturated carbocycles. The molecule has 0 bridgehead atoms. The first-order valence-corrected chi connectivity index (χ1v) is 9.31. The van der Waals surface area contributed by atoms with Gasteiger partial charge >= 0.3 is 0 Å². The lowest BCUT2D eigenvalue weighted by Crippen LogP contribution is -2.52. The van der Waals surface area contributed by atoms with Gasteiger partial charge in [-0.3, -0.25) is 4.79 Å². The van der Waals surface area contributed by atoms with Gasteiger partial charge in [-0.2, -0.15) is 0 Å². The van der Waals surface area contributed by atoms with Crippen molar-refractivity contribution >= 4 is 28.3 Å². The third-order valence-electron chi connectivity index (χ3n) is 4.07. The van der Waals surface area contributed by atoms with Gasteiger partial charge in [0, 0.05) is 19.6 Å². The van der Waals surface area contributed by atoms with Gasteiger partial charge in [0.05, 0.1) is 12.3 Å². The lowest BCUT2D eigenvalue weighted by atomic mass is 9.96. The van der Waals surface area contributed by atoms with Crippen molar-refractivity contribution in [3.8, 4) is 0 Å². The lowest BCUT2D eigenvalue weighted by Gasteiger charge is -2.36. The molecule has 0 aromatic heterocycles. The van der Waals surface area contributed by atoms with Gasteiger partial charge in [-0.1, -0.05) is 6.42 Å². The second-order valence-electron chi connectivity index (χ2n) is 5.92. The van der Waals surface area contributed by atoms with Crippen LogP contribution in [0.2, 0.25) is 0 Å². The molecule has 1 amide bonds. The minimum atomic E-state index is -3.15. The molecule has 0 radical (unpaired) electrons. The first-order valence-electron chi connectivity index (χ1n) is 7.42. The molecule has 0 spiro atoms. The first-order chi connectivity index (χ1) is 9.46. The number of sulfonamides is 1. The summed E-state index contributed by atoms with van der Waals surface area (Å²) in [4.78, 5) is 14.3. The number of amides is 1. The molecule has 124 valence electrons. The third-order valence-corrected chi connectivity index (χ3v) is 4.76. The maximum atomic E-state index is 12.4. The molecule has 0 aromatic rings. The number of carbonyl (C=O) groups is 1. The molecule has 0 aliphatic carbocycles. The Hall–Kier alpha value is -0.370. The summed E-state index contributed by atoms with van der Waals surface area (Å²) in [5, 5.41) is 3.28. The zero-order chi connectivity index (χ0) is 14.6. The molecule has 2 heterocycles. The number of hydrogen-bond acceptors (Lipinski definition) is 4. The van der Waals surface area contributed by atoms with Crippen molar-refractivity contribution in [1.82, 2.24) is 14.9 Å². The van der Waals surface area contributed by atoms with E-state index in [-0.39, 0.29) is 30.3 Å². The molecule has 21 heavy (non-hydrogen) atoms. The van der Waals surface area contributed by atoms with Crippen molar-refractivity contribution in [2.45, 2.75) is 38.1 Å². The van der Waals surface area contributed by atoms with Crippen LogP contribution in [0.1, 0.15) is 32.1 Å². The van der Waals surface area contributed by atoms with Gasteiger partial charge < -0.3 is 10.2 Å². The summed E-state index contributed by atoms with van der Waals surface area (Å²) in [5.41, 5.74) is 0. The number of hydrogen-bond donors (Lipinski definition) is 2. The van der Waals surface area contributed by atoms with E-state index in [4.69, 9.17) is 0 Å². The standard InChI is InChI=1S/C13H25N3O3S.ClH/c1-20(18,19)15-9-11-5-4-8-16(10-11)13(17)12-6-2-3-7-14-12;/h11-12,14-15H,2-10H2,1H3;1H/t11?,12-;/m1./s1. The lowest BCUT2D eigenvalue weighted by molar-refractivity contribution is -0.135. The van der Waals surface area contributed by atoms with E-state index in [2.05, 4.69) is 10.0 Å². The van der Waals surface area contributed by atoms with E-state index in [9.17, 15) is 13.2 Å². The zero-order valence-corrected chi connectivity index (χ0v) is 14.1. The monoisotopic (exact) mass is 339 g/mol. The van der Waals surface area contributed by atoms with Crippen LogP contribution in [0.25, 0.3) is 0 Å². The quantitative estimate of drug-likeness (QED) is 0.774. The topological polar surface area (TPSA) is 78.5 Å². The molecule has 2 N–H and O–H groups in total. The number of piperidine rings is 2. The molecule has 2 saturated heterocycles. The van der Waals surface area contributed by atoms with Gasteiger partial charge in [-0.25, -0.2) is 13.1 Å². The van der Waals surface area contributed by atoms with Gasteiger partial charge in [0.25, 0.3) is 0 Å². The summed E-state index contributed by atoms with van der Waals surface area (Å²) < 4.78 is 24.8. The van der Waals surface area contributed by atoms with Crippen LogP contribution >= 0.6 is 12.4 Å². The average Bonchev–Trinajstić information content (AvgIpc) is 2.45. The van der Waals surface area contributed by atoms with Gasteiger partial charge in [0.1, 0.15) is 0 Å². The van der Waals surface area contributed by atoms with Crippen molar-refractivity contribution in [1.29, 1.82) is 0 Å². The smallest absolute Gasteiger partial charge is 0.239 e. The van der Waals surface area contributed by atoms with Crippen molar-refractivity contribution in [2.24, 2.45) is 5.92 Å². The Morgan fingerprint density at radius 2 is 2.05 bits per heavy atom. The van der Waals surface area contributed by atoms with E-state index in [0.717, 1.165) is 45.2 Å². The molecule has 2 aliphatic rings. The fourth-order valence-electron chi connectivity index (χ4n) is 2.98. The van der Waals surface area contributed by atoms with Crippen LogP contribution in [0, 0.1) is 5.92 Å². The SMILES string of the molecule is CS(=O)(=O)NCC1CCCN(C(=O)[C@H]2CCCCN2)C1.Cl. The highest BCUT2D eigenvalue weighted by atomic mass is 35.5. The summed E-state index contributed by atoms with van der Waals surface area (Å²) in [6.45, 7) is 2.82. The highest BCUT2D eigenvalue weighted by molar-refractivity contribution is 7.88. The molecule has 8 heteroatoms. The molecule has 6 nitrogen and oxygen atoms in total. The maximum Gasteiger partial charge on any atom is 0.239 e. The summed E-state index contributed by atoms with van der Waals surface area (Å²) in [7, 11) is -3.15. The second-order valence-corrected chi connectivity index (χ2v) is 7.75. The van der Waals surface area contributed by atoms with Gasteiger partial charge in [0.15, 0.2) is 0 Å². The van der Waals surface area contributed by atoms with Crippen molar-refractivity contribution in [3.63, 3.8) is 0 Å². The van der Waals surface area contributed by atoms with Crippen molar-refractivity contribution < 1.29 is 13.2 Å². The molecule has 1 unspecified atom stereocenters. The van der Waals surface area contributed by atoms with E-state index >= 15 is 0 Å². The van der Waals surface area contributed by atoms with Gasteiger partial charge in [0.2, 0.25) is 15.9 Å². The Labute approximate surface area is 133 Å². The fourth-order valence-corrected chi connectivity index (χ4v) is 3.52. The van der Waals surface area contributed by atoms with E-state index in [0.29, 0.717) is 13.1 Å². The number of rotatable bonds is 4. The molecule has 2 aliphatic heterocycles. The van der Waals surface area contributed by atoms with E-state index in [1.54, 1.807) is 0 Å². The predicted octanol–water partition coefficient (Wildman–Crippen LogP) is 0.338. The Bertz CT molecular complexity index is 438. The molecular weight excluding hydrogens is 314 g/mol. The van der Waals surface area contributed by atoms with Crippen LogP contribution in [-0.4, -0.2) is 57.7 Å². The summed E-state index contributed by atoms with van der Waals surface area (Å²) in [6, 6.07) is -0.0367. The first kappa shape index (κ1) is 18.7. The molecule has 2 atom stereocenters. The van der Waals surface area contributed by atoms with Crippen molar-refractivity contribution in [2.75, 3.05) is 32.4 Å². The summed E-state index contributed by atoms with van der Waals surface area (Å²) in [5.74, 6) is 0.416. The zero-order valence-electron chi connectivity index (χ0n) is 12.5. The van der Waals surface area contributed by atoms with Gasteiger partial charge in [-0.05, 0) is 38.1 Å². The Balaban J connectivity index is 0.00000220. The maximum absolute atomic E-state index is 12.4. The van der Waals surface area contributed by atoms with Gasteiger partial charge in [-0.15, -0.1) is 12.4 Å². The Morgan fingerprint density at radius 1 is 1.29 bits per heavy atom. The normalized spacial score (nSPS) is 27.0. The Morgan fingerprint density at radius 3 is 2.67 bits per heavy atom. The van der Waals surface area contributed by atoms with E-state index in [1.807, 2.05) is 4.90 Å². The number of likely N-dealkylation sites (tertiary alicyclic amines) is 1. The number of nitrogens with one attached hydrogen (secondary N) is 2. The number of carbonyl (C=O) groups excluding carboxylic acids is 1. The third kappa shape index (κ3) is 6.10. The van der Waals surface area contributed by atoms with E-state index < -0.39 is 10.0 Å². The van der Waals surface area contributed by atoms with Crippen LogP contribution in [0.5, 0.6) is 0 Å². The molecule has 2 fully saturated rings. The summed E-state index contributed by atoms with van der Waals surface area (Å²) >= 11 is 0. The molecule has 0 aromatic carbocycles. The number of nitrogens with zero attached hydrogens (tertiary/aromatic N) is 1. The number of halogens is 1. The highest BCUT2D eigenvalue weighted by Gasteiger charge is 2.29. The van der Waals surface area contributed by atoms with Crippen LogP contribution in [0.4, 0.5) is 0 Å². The average molecular weight is 340 g/mol. The Kier molecular flexibility index (Phi) is 7.39. The van der Waals surface area contributed by atoms with Crippen LogP contribution in [0.15, 0.2) is 0 Å². The minimum Gasteiger partial charge on any atom is -0.341 e.